The summed E-state index contributed by atoms with van der Waals surface area (Å²) >= 11 is 0. The van der Waals surface area contributed by atoms with Crippen LogP contribution in [0.2, 0.25) is 0 Å². The van der Waals surface area contributed by atoms with Crippen molar-refractivity contribution in [1.82, 2.24) is 15.1 Å². The van der Waals surface area contributed by atoms with Crippen LogP contribution in [0, 0.1) is 11.3 Å². The fourth-order valence-corrected chi connectivity index (χ4v) is 3.97. The molecule has 1 heterocycles. The van der Waals surface area contributed by atoms with Crippen molar-refractivity contribution < 1.29 is 14.7 Å². The van der Waals surface area contributed by atoms with Crippen molar-refractivity contribution in [2.24, 2.45) is 0 Å². The van der Waals surface area contributed by atoms with Gasteiger partial charge in [0.2, 0.25) is 0 Å². The van der Waals surface area contributed by atoms with Gasteiger partial charge in [-0.15, -0.1) is 0 Å². The quantitative estimate of drug-likeness (QED) is 0.751. The van der Waals surface area contributed by atoms with Crippen molar-refractivity contribution in [2.75, 3.05) is 27.2 Å². The highest BCUT2D eigenvalue weighted by Crippen LogP contribution is 2.40. The van der Waals surface area contributed by atoms with Crippen LogP contribution < -0.4 is 5.32 Å². The summed E-state index contributed by atoms with van der Waals surface area (Å²) in [6.07, 6.45) is 0.801. The lowest BCUT2D eigenvalue weighted by Crippen LogP contribution is -2.67. The van der Waals surface area contributed by atoms with Crippen LogP contribution in [-0.2, 0) is 0 Å². The van der Waals surface area contributed by atoms with E-state index in [-0.39, 0.29) is 24.5 Å². The highest BCUT2D eigenvalue weighted by Gasteiger charge is 2.51. The number of benzene rings is 2. The summed E-state index contributed by atoms with van der Waals surface area (Å²) in [5.41, 5.74) is 3.50. The van der Waals surface area contributed by atoms with Crippen molar-refractivity contribution in [3.63, 3.8) is 0 Å². The lowest BCUT2D eigenvalue weighted by atomic mass is 9.76. The van der Waals surface area contributed by atoms with Crippen molar-refractivity contribution in [2.45, 2.75) is 31.3 Å². The Labute approximate surface area is 182 Å². The van der Waals surface area contributed by atoms with Crippen LogP contribution in [0.5, 0.6) is 0 Å². The third-order valence-electron chi connectivity index (χ3n) is 5.66. The molecule has 1 saturated heterocycles. The molecule has 7 nitrogen and oxygen atoms in total. The molecule has 0 aromatic heterocycles. The first-order valence-electron chi connectivity index (χ1n) is 10.4. The molecule has 1 aliphatic heterocycles. The predicted octanol–water partition coefficient (Wildman–Crippen LogP) is 2.83. The summed E-state index contributed by atoms with van der Waals surface area (Å²) in [4.78, 5) is 27.4. The number of carbonyl (C=O) groups is 2. The first kappa shape index (κ1) is 22.3. The van der Waals surface area contributed by atoms with Crippen molar-refractivity contribution >= 4 is 11.9 Å². The van der Waals surface area contributed by atoms with Gasteiger partial charge in [-0.2, -0.15) is 5.26 Å². The molecule has 1 aliphatic rings. The lowest BCUT2D eigenvalue weighted by molar-refractivity contribution is 0.0169. The van der Waals surface area contributed by atoms with Gasteiger partial charge in [-0.05, 0) is 35.2 Å². The number of aliphatic hydroxyl groups excluding tert-OH is 1. The maximum Gasteiger partial charge on any atom is 0.318 e. The zero-order valence-electron chi connectivity index (χ0n) is 18.1. The summed E-state index contributed by atoms with van der Waals surface area (Å²) in [6.45, 7) is 2.29. The molecule has 2 aromatic carbocycles. The molecule has 0 saturated carbocycles. The molecular weight excluding hydrogens is 392 g/mol. The summed E-state index contributed by atoms with van der Waals surface area (Å²) in [7, 11) is 3.44. The lowest BCUT2D eigenvalue weighted by Gasteiger charge is -2.51. The van der Waals surface area contributed by atoms with E-state index in [0.29, 0.717) is 12.1 Å². The average molecular weight is 421 g/mol. The number of carbonyl (C=O) groups excluding carboxylic acids is 2. The number of hydrogen-bond acceptors (Lipinski definition) is 4. The molecule has 7 heteroatoms. The maximum atomic E-state index is 12.4. The largest absolute Gasteiger partial charge is 0.394 e. The normalized spacial score (nSPS) is 19.8. The van der Waals surface area contributed by atoms with Gasteiger partial charge in [0.05, 0.1) is 18.7 Å². The van der Waals surface area contributed by atoms with E-state index in [2.05, 4.69) is 11.4 Å². The molecule has 3 atom stereocenters. The molecule has 0 aliphatic carbocycles. The molecule has 162 valence electrons. The number of likely N-dealkylation sites (tertiary alicyclic amines) is 1. The van der Waals surface area contributed by atoms with Crippen molar-refractivity contribution in [3.05, 3.63) is 59.7 Å². The van der Waals surface area contributed by atoms with Crippen LogP contribution >= 0.6 is 0 Å². The first-order chi connectivity index (χ1) is 14.9. The van der Waals surface area contributed by atoms with Crippen LogP contribution in [0.3, 0.4) is 0 Å². The van der Waals surface area contributed by atoms with Gasteiger partial charge in [0.1, 0.15) is 6.04 Å². The van der Waals surface area contributed by atoms with Crippen LogP contribution in [0.1, 0.15) is 35.2 Å². The van der Waals surface area contributed by atoms with E-state index < -0.39 is 12.1 Å². The zero-order valence-corrected chi connectivity index (χ0v) is 18.1. The summed E-state index contributed by atoms with van der Waals surface area (Å²) in [5.74, 6) is -0.284. The van der Waals surface area contributed by atoms with E-state index in [1.807, 2.05) is 43.3 Å². The third-order valence-corrected chi connectivity index (χ3v) is 5.66. The summed E-state index contributed by atoms with van der Waals surface area (Å²) in [5, 5.41) is 22.3. The molecule has 2 N–H and O–H groups in total. The smallest absolute Gasteiger partial charge is 0.318 e. The van der Waals surface area contributed by atoms with Crippen LogP contribution in [-0.4, -0.2) is 66.2 Å². The highest BCUT2D eigenvalue weighted by molar-refractivity contribution is 5.94. The fourth-order valence-electron chi connectivity index (χ4n) is 3.97. The molecular formula is C24H28N4O3. The number of nitriles is 1. The van der Waals surface area contributed by atoms with Gasteiger partial charge in [-0.3, -0.25) is 4.79 Å². The second kappa shape index (κ2) is 9.63. The molecule has 2 aromatic rings. The number of hydrogen-bond donors (Lipinski definition) is 2. The van der Waals surface area contributed by atoms with Crippen LogP contribution in [0.4, 0.5) is 4.79 Å². The number of rotatable bonds is 6. The van der Waals surface area contributed by atoms with E-state index in [1.165, 1.54) is 9.80 Å². The molecule has 0 spiro atoms. The van der Waals surface area contributed by atoms with Gasteiger partial charge in [-0.25, -0.2) is 4.79 Å². The molecule has 3 rings (SSSR count). The Morgan fingerprint density at radius 2 is 1.68 bits per heavy atom. The van der Waals surface area contributed by atoms with Gasteiger partial charge in [0.25, 0.3) is 5.91 Å². The predicted molar refractivity (Wildman–Crippen MR) is 118 cm³/mol. The number of aliphatic hydroxyl groups is 1. The second-order valence-electron chi connectivity index (χ2n) is 7.89. The topological polar surface area (TPSA) is 96.7 Å². The molecule has 1 fully saturated rings. The van der Waals surface area contributed by atoms with Gasteiger partial charge in [-0.1, -0.05) is 43.3 Å². The first-order valence-corrected chi connectivity index (χ1v) is 10.4. The van der Waals surface area contributed by atoms with Gasteiger partial charge in [0, 0.05) is 32.1 Å². The molecule has 3 amide bonds. The highest BCUT2D eigenvalue weighted by atomic mass is 16.3. The molecule has 0 radical (unpaired) electrons. The standard InChI is InChI=1S/C24H28N4O3/c1-4-13-26-24(31)28-20(14-25)22(21(28)15-29)18-9-5-16(6-10-18)17-7-11-19(12-8-17)23(30)27(2)3/h5-12,20-22,29H,4,13,15H2,1-3H3,(H,26,31)/t20-,21-,22+/m1/s1. The zero-order chi connectivity index (χ0) is 22.5. The van der Waals surface area contributed by atoms with E-state index in [9.17, 15) is 20.0 Å². The van der Waals surface area contributed by atoms with Crippen LogP contribution in [0.25, 0.3) is 11.1 Å². The van der Waals surface area contributed by atoms with Crippen molar-refractivity contribution in [3.8, 4) is 17.2 Å². The number of nitrogens with one attached hydrogen (secondary N) is 1. The summed E-state index contributed by atoms with van der Waals surface area (Å²) in [6, 6.07) is 16.1. The monoisotopic (exact) mass is 420 g/mol. The van der Waals surface area contributed by atoms with E-state index >= 15 is 0 Å². The second-order valence-corrected chi connectivity index (χ2v) is 7.89. The Kier molecular flexibility index (Phi) is 6.93. The van der Waals surface area contributed by atoms with Gasteiger partial charge in [0.15, 0.2) is 0 Å². The minimum atomic E-state index is -0.615. The number of urea groups is 1. The number of amides is 3. The minimum Gasteiger partial charge on any atom is -0.394 e. The molecule has 0 bridgehead atoms. The summed E-state index contributed by atoms with van der Waals surface area (Å²) < 4.78 is 0. The van der Waals surface area contributed by atoms with Crippen LogP contribution in [0.15, 0.2) is 48.5 Å². The Morgan fingerprint density at radius 3 is 2.16 bits per heavy atom. The van der Waals surface area contributed by atoms with E-state index in [4.69, 9.17) is 0 Å². The molecule has 31 heavy (non-hydrogen) atoms. The molecule has 0 unspecified atom stereocenters. The van der Waals surface area contributed by atoms with E-state index in [1.54, 1.807) is 26.2 Å². The maximum absolute atomic E-state index is 12.4. The van der Waals surface area contributed by atoms with E-state index in [0.717, 1.165) is 23.1 Å². The average Bonchev–Trinajstić information content (AvgIpc) is 2.77. The Morgan fingerprint density at radius 1 is 1.10 bits per heavy atom. The van der Waals surface area contributed by atoms with Gasteiger partial charge < -0.3 is 20.2 Å². The Bertz CT molecular complexity index is 964. The third kappa shape index (κ3) is 4.39. The Hall–Kier alpha value is -3.37. The van der Waals surface area contributed by atoms with Crippen molar-refractivity contribution in [1.29, 1.82) is 5.26 Å². The minimum absolute atomic E-state index is 0.0444. The SMILES string of the molecule is CCCNC(=O)N1[C@H](C#N)[C@H](c2ccc(-c3ccc(C(=O)N(C)C)cc3)cc2)[C@H]1CO. The fraction of sp³-hybridized carbons (Fsp3) is 0.375. The number of nitrogens with zero attached hydrogens (tertiary/aromatic N) is 3. The van der Waals surface area contributed by atoms with Gasteiger partial charge >= 0.3 is 6.03 Å². The Balaban J connectivity index is 1.77.